The SMILES string of the molecule is CC(C)c1nc(CC(=O)NC2CCN(C3CC3)CC2)cs1. The number of amides is 1. The van der Waals surface area contributed by atoms with E-state index >= 15 is 0 Å². The average molecular weight is 307 g/mol. The molecular weight excluding hydrogens is 282 g/mol. The topological polar surface area (TPSA) is 45.2 Å². The number of carbonyl (C=O) groups is 1. The van der Waals surface area contributed by atoms with Gasteiger partial charge in [0.1, 0.15) is 0 Å². The summed E-state index contributed by atoms with van der Waals surface area (Å²) in [6.07, 6.45) is 5.36. The van der Waals surface area contributed by atoms with Crippen LogP contribution in [0, 0.1) is 0 Å². The molecule has 1 aromatic heterocycles. The zero-order valence-corrected chi connectivity index (χ0v) is 13.8. The summed E-state index contributed by atoms with van der Waals surface area (Å²) in [6, 6.07) is 1.21. The normalized spacial score (nSPS) is 20.9. The van der Waals surface area contributed by atoms with Crippen molar-refractivity contribution in [2.24, 2.45) is 0 Å². The van der Waals surface area contributed by atoms with Gasteiger partial charge in [0.2, 0.25) is 5.91 Å². The molecule has 1 N–H and O–H groups in total. The van der Waals surface area contributed by atoms with E-state index in [1.54, 1.807) is 11.3 Å². The van der Waals surface area contributed by atoms with Gasteiger partial charge in [0.15, 0.2) is 0 Å². The highest BCUT2D eigenvalue weighted by Gasteiger charge is 2.32. The Bertz CT molecular complexity index is 487. The molecule has 0 unspecified atom stereocenters. The Morgan fingerprint density at radius 2 is 2.10 bits per heavy atom. The Labute approximate surface area is 130 Å². The third kappa shape index (κ3) is 4.04. The summed E-state index contributed by atoms with van der Waals surface area (Å²) in [5.41, 5.74) is 0.914. The summed E-state index contributed by atoms with van der Waals surface area (Å²) >= 11 is 1.66. The molecule has 1 aromatic rings. The highest BCUT2D eigenvalue weighted by Crippen LogP contribution is 2.29. The number of hydrogen-bond donors (Lipinski definition) is 1. The molecule has 0 radical (unpaired) electrons. The molecule has 0 spiro atoms. The van der Waals surface area contributed by atoms with E-state index in [9.17, 15) is 4.79 Å². The van der Waals surface area contributed by atoms with Crippen LogP contribution in [0.15, 0.2) is 5.38 Å². The van der Waals surface area contributed by atoms with E-state index in [-0.39, 0.29) is 5.91 Å². The predicted octanol–water partition coefficient (Wildman–Crippen LogP) is 2.55. The Balaban J connectivity index is 1.43. The molecule has 2 fully saturated rings. The second kappa shape index (κ2) is 6.44. The highest BCUT2D eigenvalue weighted by molar-refractivity contribution is 7.09. The summed E-state index contributed by atoms with van der Waals surface area (Å²) < 4.78 is 0. The number of piperidine rings is 1. The summed E-state index contributed by atoms with van der Waals surface area (Å²) in [5, 5.41) is 6.32. The van der Waals surface area contributed by atoms with Crippen LogP contribution < -0.4 is 5.32 Å². The molecule has 1 amide bonds. The predicted molar refractivity (Wildman–Crippen MR) is 85.7 cm³/mol. The molecule has 21 heavy (non-hydrogen) atoms. The number of rotatable bonds is 5. The zero-order valence-electron chi connectivity index (χ0n) is 13.0. The molecule has 0 bridgehead atoms. The molecule has 2 aliphatic rings. The first-order valence-electron chi connectivity index (χ1n) is 8.09. The second-order valence-electron chi connectivity index (χ2n) is 6.62. The second-order valence-corrected chi connectivity index (χ2v) is 7.51. The number of hydrogen-bond acceptors (Lipinski definition) is 4. The van der Waals surface area contributed by atoms with Crippen molar-refractivity contribution < 1.29 is 4.79 Å². The standard InChI is InChI=1S/C16H25N3OS/c1-11(2)16-18-13(10-21-16)9-15(20)17-12-5-7-19(8-6-12)14-3-4-14/h10-12,14H,3-9H2,1-2H3,(H,17,20). The van der Waals surface area contributed by atoms with Crippen molar-refractivity contribution in [3.05, 3.63) is 16.1 Å². The van der Waals surface area contributed by atoms with Crippen molar-refractivity contribution in [2.75, 3.05) is 13.1 Å². The van der Waals surface area contributed by atoms with Crippen LogP contribution in [0.1, 0.15) is 56.2 Å². The van der Waals surface area contributed by atoms with Gasteiger partial charge in [-0.15, -0.1) is 11.3 Å². The molecule has 3 rings (SSSR count). The van der Waals surface area contributed by atoms with Gasteiger partial charge in [-0.1, -0.05) is 13.8 Å². The van der Waals surface area contributed by atoms with Gasteiger partial charge in [0, 0.05) is 36.5 Å². The smallest absolute Gasteiger partial charge is 0.226 e. The van der Waals surface area contributed by atoms with Gasteiger partial charge in [-0.25, -0.2) is 4.98 Å². The molecule has 0 atom stereocenters. The van der Waals surface area contributed by atoms with Crippen LogP contribution in [0.3, 0.4) is 0 Å². The van der Waals surface area contributed by atoms with Crippen LogP contribution in [0.5, 0.6) is 0 Å². The van der Waals surface area contributed by atoms with Crippen LogP contribution in [-0.2, 0) is 11.2 Å². The fourth-order valence-electron chi connectivity index (χ4n) is 2.96. The number of carbonyl (C=O) groups excluding carboxylic acids is 1. The fraction of sp³-hybridized carbons (Fsp3) is 0.750. The van der Waals surface area contributed by atoms with Crippen molar-refractivity contribution in [3.63, 3.8) is 0 Å². The molecule has 1 aliphatic heterocycles. The van der Waals surface area contributed by atoms with Gasteiger partial charge in [0.05, 0.1) is 17.1 Å². The molecule has 116 valence electrons. The van der Waals surface area contributed by atoms with Crippen LogP contribution >= 0.6 is 11.3 Å². The molecular formula is C16H25N3OS. The molecule has 5 heteroatoms. The first kappa shape index (κ1) is 15.0. The van der Waals surface area contributed by atoms with Crippen molar-refractivity contribution in [3.8, 4) is 0 Å². The van der Waals surface area contributed by atoms with Crippen molar-refractivity contribution in [1.29, 1.82) is 0 Å². The summed E-state index contributed by atoms with van der Waals surface area (Å²) in [6.45, 7) is 6.56. The van der Waals surface area contributed by atoms with Crippen molar-refractivity contribution in [2.45, 2.75) is 64.0 Å². The number of nitrogens with zero attached hydrogens (tertiary/aromatic N) is 2. The quantitative estimate of drug-likeness (QED) is 0.909. The van der Waals surface area contributed by atoms with E-state index in [4.69, 9.17) is 0 Å². The third-order valence-electron chi connectivity index (χ3n) is 4.36. The minimum Gasteiger partial charge on any atom is -0.353 e. The number of likely N-dealkylation sites (tertiary alicyclic amines) is 1. The van der Waals surface area contributed by atoms with Gasteiger partial charge in [-0.2, -0.15) is 0 Å². The van der Waals surface area contributed by atoms with Crippen LogP contribution in [0.4, 0.5) is 0 Å². The monoisotopic (exact) mass is 307 g/mol. The Kier molecular flexibility index (Phi) is 4.60. The third-order valence-corrected chi connectivity index (χ3v) is 5.56. The molecule has 1 saturated heterocycles. The van der Waals surface area contributed by atoms with Gasteiger partial charge < -0.3 is 10.2 Å². The number of aromatic nitrogens is 1. The first-order chi connectivity index (χ1) is 10.1. The van der Waals surface area contributed by atoms with E-state index in [0.717, 1.165) is 42.7 Å². The summed E-state index contributed by atoms with van der Waals surface area (Å²) in [7, 11) is 0. The maximum atomic E-state index is 12.1. The Morgan fingerprint density at radius 1 is 1.38 bits per heavy atom. The van der Waals surface area contributed by atoms with Gasteiger partial charge in [-0.05, 0) is 25.7 Å². The molecule has 1 saturated carbocycles. The van der Waals surface area contributed by atoms with E-state index in [2.05, 4.69) is 29.0 Å². The van der Waals surface area contributed by atoms with Crippen LogP contribution in [0.25, 0.3) is 0 Å². The van der Waals surface area contributed by atoms with Crippen molar-refractivity contribution in [1.82, 2.24) is 15.2 Å². The molecule has 0 aromatic carbocycles. The first-order valence-corrected chi connectivity index (χ1v) is 8.97. The molecule has 1 aliphatic carbocycles. The van der Waals surface area contributed by atoms with Gasteiger partial charge >= 0.3 is 0 Å². The highest BCUT2D eigenvalue weighted by atomic mass is 32.1. The maximum absolute atomic E-state index is 12.1. The lowest BCUT2D eigenvalue weighted by molar-refractivity contribution is -0.121. The van der Waals surface area contributed by atoms with Gasteiger partial charge in [0.25, 0.3) is 0 Å². The number of nitrogens with one attached hydrogen (secondary N) is 1. The fourth-order valence-corrected chi connectivity index (χ4v) is 3.80. The number of thiazole rings is 1. The summed E-state index contributed by atoms with van der Waals surface area (Å²) in [4.78, 5) is 19.2. The lowest BCUT2D eigenvalue weighted by Crippen LogP contribution is -2.45. The van der Waals surface area contributed by atoms with Crippen molar-refractivity contribution >= 4 is 17.2 Å². The average Bonchev–Trinajstić information content (AvgIpc) is 3.19. The minimum absolute atomic E-state index is 0.125. The van der Waals surface area contributed by atoms with Gasteiger partial charge in [-0.3, -0.25) is 4.79 Å². The Hall–Kier alpha value is -0.940. The maximum Gasteiger partial charge on any atom is 0.226 e. The minimum atomic E-state index is 0.125. The molecule has 4 nitrogen and oxygen atoms in total. The summed E-state index contributed by atoms with van der Waals surface area (Å²) in [5.74, 6) is 0.569. The lowest BCUT2D eigenvalue weighted by atomic mass is 10.0. The zero-order chi connectivity index (χ0) is 14.8. The van der Waals surface area contributed by atoms with Crippen LogP contribution in [-0.4, -0.2) is 41.0 Å². The van der Waals surface area contributed by atoms with E-state index < -0.39 is 0 Å². The molecule has 2 heterocycles. The van der Waals surface area contributed by atoms with E-state index in [0.29, 0.717) is 18.4 Å². The van der Waals surface area contributed by atoms with E-state index in [1.807, 2.05) is 5.38 Å². The Morgan fingerprint density at radius 3 is 2.67 bits per heavy atom. The largest absolute Gasteiger partial charge is 0.353 e. The van der Waals surface area contributed by atoms with E-state index in [1.165, 1.54) is 12.8 Å². The van der Waals surface area contributed by atoms with Crippen LogP contribution in [0.2, 0.25) is 0 Å². The lowest BCUT2D eigenvalue weighted by Gasteiger charge is -2.32.